The van der Waals surface area contributed by atoms with Gasteiger partial charge in [-0.1, -0.05) is 27.2 Å². The Morgan fingerprint density at radius 1 is 1.25 bits per heavy atom. The maximum atomic E-state index is 12.7. The van der Waals surface area contributed by atoms with E-state index >= 15 is 0 Å². The van der Waals surface area contributed by atoms with Crippen LogP contribution >= 0.6 is 0 Å². The third kappa shape index (κ3) is 3.90. The molecule has 0 radical (unpaired) electrons. The van der Waals surface area contributed by atoms with Crippen LogP contribution in [-0.2, 0) is 17.6 Å². The lowest BCUT2D eigenvalue weighted by molar-refractivity contribution is -0.123. The average molecular weight is 385 g/mol. The zero-order valence-corrected chi connectivity index (χ0v) is 17.8. The topological polar surface area (TPSA) is 58.1 Å². The molecule has 1 aliphatic heterocycles. The van der Waals surface area contributed by atoms with E-state index in [1.165, 1.54) is 23.5 Å². The van der Waals surface area contributed by atoms with Gasteiger partial charge in [-0.2, -0.15) is 0 Å². The molecule has 5 heteroatoms. The predicted molar refractivity (Wildman–Crippen MR) is 112 cm³/mol. The van der Waals surface area contributed by atoms with Gasteiger partial charge in [-0.05, 0) is 62.7 Å². The zero-order valence-electron chi connectivity index (χ0n) is 17.8. The zero-order chi connectivity index (χ0) is 19.7. The van der Waals surface area contributed by atoms with Crippen LogP contribution in [0, 0.1) is 17.8 Å². The van der Waals surface area contributed by atoms with Crippen LogP contribution in [0.25, 0.3) is 0 Å². The highest BCUT2D eigenvalue weighted by atomic mass is 16.1. The first kappa shape index (κ1) is 19.7. The van der Waals surface area contributed by atoms with E-state index in [4.69, 9.17) is 0 Å². The van der Waals surface area contributed by atoms with Gasteiger partial charge in [-0.25, -0.2) is 9.97 Å². The quantitative estimate of drug-likeness (QED) is 0.774. The average Bonchev–Trinajstić information content (AvgIpc) is 3.30. The highest BCUT2D eigenvalue weighted by Gasteiger charge is 2.51. The number of aryl methyl sites for hydroxylation is 1. The van der Waals surface area contributed by atoms with E-state index in [2.05, 4.69) is 41.0 Å². The van der Waals surface area contributed by atoms with Crippen molar-refractivity contribution in [2.75, 3.05) is 18.0 Å². The normalized spacial score (nSPS) is 22.2. The Bertz CT molecular complexity index is 705. The molecular formula is C23H36N4O. The molecule has 0 spiro atoms. The summed E-state index contributed by atoms with van der Waals surface area (Å²) < 4.78 is 0. The van der Waals surface area contributed by atoms with Gasteiger partial charge in [-0.15, -0.1) is 0 Å². The monoisotopic (exact) mass is 384 g/mol. The fraction of sp³-hybridized carbons (Fsp3) is 0.783. The van der Waals surface area contributed by atoms with Gasteiger partial charge in [0.25, 0.3) is 0 Å². The maximum absolute atomic E-state index is 12.7. The van der Waals surface area contributed by atoms with Crippen molar-refractivity contribution in [1.82, 2.24) is 15.3 Å². The number of nitrogens with zero attached hydrogens (tertiary/aromatic N) is 3. The summed E-state index contributed by atoms with van der Waals surface area (Å²) in [5.74, 6) is 3.13. The molecule has 3 aliphatic rings. The second kappa shape index (κ2) is 8.00. The lowest BCUT2D eigenvalue weighted by Gasteiger charge is -2.38. The smallest absolute Gasteiger partial charge is 0.220 e. The molecule has 1 atom stereocenters. The number of hydrogen-bond donors (Lipinski definition) is 1. The summed E-state index contributed by atoms with van der Waals surface area (Å²) in [5, 5.41) is 3.47. The fourth-order valence-electron chi connectivity index (χ4n) is 5.45. The summed E-state index contributed by atoms with van der Waals surface area (Å²) in [6, 6.07) is 0. The molecular weight excluding hydrogens is 348 g/mol. The Morgan fingerprint density at radius 2 is 2.00 bits per heavy atom. The Hall–Kier alpha value is -1.65. The van der Waals surface area contributed by atoms with E-state index in [0.717, 1.165) is 58.0 Å². The first-order valence-electron chi connectivity index (χ1n) is 11.4. The summed E-state index contributed by atoms with van der Waals surface area (Å²) >= 11 is 0. The van der Waals surface area contributed by atoms with Gasteiger partial charge in [-0.3, -0.25) is 4.79 Å². The molecule has 1 aromatic heterocycles. The van der Waals surface area contributed by atoms with Crippen molar-refractivity contribution in [1.29, 1.82) is 0 Å². The van der Waals surface area contributed by atoms with Crippen LogP contribution in [0.4, 0.5) is 5.82 Å². The molecule has 5 nitrogen and oxygen atoms in total. The Morgan fingerprint density at radius 3 is 2.64 bits per heavy atom. The minimum absolute atomic E-state index is 0.0893. The molecule has 1 N–H and O–H groups in total. The molecule has 0 bridgehead atoms. The number of piperidine rings is 1. The number of fused-ring (bicyclic) bond motifs is 1. The number of carbonyl (C=O) groups is 1. The summed E-state index contributed by atoms with van der Waals surface area (Å²) in [6.45, 7) is 8.76. The Kier molecular flexibility index (Phi) is 5.62. The van der Waals surface area contributed by atoms with Crippen molar-refractivity contribution in [3.63, 3.8) is 0 Å². The maximum Gasteiger partial charge on any atom is 0.220 e. The van der Waals surface area contributed by atoms with E-state index < -0.39 is 0 Å². The van der Waals surface area contributed by atoms with Crippen LogP contribution in [0.1, 0.15) is 77.0 Å². The third-order valence-corrected chi connectivity index (χ3v) is 7.52. The molecule has 1 unspecified atom stereocenters. The van der Waals surface area contributed by atoms with Crippen molar-refractivity contribution >= 4 is 11.7 Å². The second-order valence-corrected chi connectivity index (χ2v) is 9.56. The largest absolute Gasteiger partial charge is 0.356 e. The first-order valence-corrected chi connectivity index (χ1v) is 11.4. The minimum Gasteiger partial charge on any atom is -0.356 e. The van der Waals surface area contributed by atoms with Crippen LogP contribution in [0.15, 0.2) is 6.33 Å². The summed E-state index contributed by atoms with van der Waals surface area (Å²) in [6.07, 6.45) is 11.6. The number of hydrogen-bond acceptors (Lipinski definition) is 4. The van der Waals surface area contributed by atoms with Crippen molar-refractivity contribution in [2.24, 2.45) is 17.8 Å². The second-order valence-electron chi connectivity index (χ2n) is 9.56. The van der Waals surface area contributed by atoms with Crippen LogP contribution in [0.5, 0.6) is 0 Å². The number of aromatic nitrogens is 2. The van der Waals surface area contributed by atoms with Gasteiger partial charge < -0.3 is 10.2 Å². The Balaban J connectivity index is 1.34. The molecule has 1 aromatic rings. The lowest BCUT2D eigenvalue weighted by atomic mass is 9.86. The van der Waals surface area contributed by atoms with E-state index in [9.17, 15) is 4.79 Å². The molecule has 154 valence electrons. The highest BCUT2D eigenvalue weighted by molar-refractivity contribution is 5.77. The van der Waals surface area contributed by atoms with Gasteiger partial charge in [0.05, 0.1) is 0 Å². The van der Waals surface area contributed by atoms with E-state index in [1.807, 2.05) is 0 Å². The van der Waals surface area contributed by atoms with Crippen molar-refractivity contribution in [3.05, 3.63) is 17.6 Å². The molecule has 28 heavy (non-hydrogen) atoms. The molecule has 0 aromatic carbocycles. The number of rotatable bonds is 7. The van der Waals surface area contributed by atoms with Gasteiger partial charge in [0.1, 0.15) is 12.1 Å². The van der Waals surface area contributed by atoms with Crippen molar-refractivity contribution in [2.45, 2.75) is 84.1 Å². The van der Waals surface area contributed by atoms with Crippen LogP contribution in [0.2, 0.25) is 0 Å². The predicted octanol–water partition coefficient (Wildman–Crippen LogP) is 3.90. The molecule has 1 amide bonds. The molecule has 2 aliphatic carbocycles. The van der Waals surface area contributed by atoms with Gasteiger partial charge >= 0.3 is 0 Å². The third-order valence-electron chi connectivity index (χ3n) is 7.52. The first-order chi connectivity index (χ1) is 13.5. The molecule has 4 rings (SSSR count). The van der Waals surface area contributed by atoms with Crippen molar-refractivity contribution in [3.8, 4) is 0 Å². The number of amides is 1. The van der Waals surface area contributed by atoms with Crippen LogP contribution in [0.3, 0.4) is 0 Å². The summed E-state index contributed by atoms with van der Waals surface area (Å²) in [4.78, 5) is 24.3. The number of carbonyl (C=O) groups excluding carboxylic acids is 1. The van der Waals surface area contributed by atoms with E-state index in [-0.39, 0.29) is 11.4 Å². The van der Waals surface area contributed by atoms with Crippen LogP contribution in [-0.4, -0.2) is 34.5 Å². The fourth-order valence-corrected chi connectivity index (χ4v) is 5.45. The lowest BCUT2D eigenvalue weighted by Crippen LogP contribution is -2.48. The summed E-state index contributed by atoms with van der Waals surface area (Å²) in [7, 11) is 0. The highest BCUT2D eigenvalue weighted by Crippen LogP contribution is 2.47. The van der Waals surface area contributed by atoms with E-state index in [0.29, 0.717) is 24.2 Å². The SMILES string of the molecule is CCC(CC(=O)NC1(C2CCN(c3ncnc4c3CCC4)CC2)CC1)C(C)C. The number of anilines is 1. The molecule has 2 heterocycles. The minimum atomic E-state index is 0.0893. The van der Waals surface area contributed by atoms with Gasteiger partial charge in [0.15, 0.2) is 0 Å². The van der Waals surface area contributed by atoms with Gasteiger partial charge in [0, 0.05) is 36.3 Å². The molecule has 2 fully saturated rings. The standard InChI is InChI=1S/C23H36N4O/c1-4-17(16(2)3)14-21(28)26-23(10-11-23)18-8-12-27(13-9-18)22-19-6-5-7-20(19)24-15-25-22/h15-18H,4-14H2,1-3H3,(H,26,28). The van der Waals surface area contributed by atoms with Crippen molar-refractivity contribution < 1.29 is 4.79 Å². The van der Waals surface area contributed by atoms with E-state index in [1.54, 1.807) is 6.33 Å². The number of nitrogens with one attached hydrogen (secondary N) is 1. The summed E-state index contributed by atoms with van der Waals surface area (Å²) in [5.41, 5.74) is 2.73. The Labute approximate surface area is 169 Å². The van der Waals surface area contributed by atoms with Crippen LogP contribution < -0.4 is 10.2 Å². The molecule has 1 saturated heterocycles. The van der Waals surface area contributed by atoms with Gasteiger partial charge in [0.2, 0.25) is 5.91 Å². The molecule has 1 saturated carbocycles.